The number of hydrogen-bond acceptors (Lipinski definition) is 4. The number of nitrogens with zero attached hydrogens (tertiary/aromatic N) is 1. The molecule has 4 rings (SSSR count). The van der Waals surface area contributed by atoms with Gasteiger partial charge in [0, 0.05) is 12.0 Å². The number of methoxy groups -OCH3 is 1. The number of rotatable bonds is 6. The zero-order chi connectivity index (χ0) is 22.9. The van der Waals surface area contributed by atoms with Gasteiger partial charge >= 0.3 is 6.18 Å². The molecule has 6 nitrogen and oxygen atoms in total. The maximum atomic E-state index is 13.0. The maximum absolute atomic E-state index is 13.0. The third kappa shape index (κ3) is 4.82. The largest absolute Gasteiger partial charge is 0.497 e. The van der Waals surface area contributed by atoms with E-state index in [1.165, 1.54) is 19.2 Å². The second-order valence-electron chi connectivity index (χ2n) is 7.59. The number of H-pyrrole nitrogens is 1. The van der Waals surface area contributed by atoms with E-state index in [-0.39, 0.29) is 11.6 Å². The first-order valence-electron chi connectivity index (χ1n) is 9.98. The molecule has 0 spiro atoms. The van der Waals surface area contributed by atoms with Crippen molar-refractivity contribution in [3.05, 3.63) is 93.2 Å². The molecule has 1 aromatic heterocycles. The van der Waals surface area contributed by atoms with Crippen molar-refractivity contribution < 1.29 is 22.7 Å². The van der Waals surface area contributed by atoms with Gasteiger partial charge in [0.15, 0.2) is 0 Å². The van der Waals surface area contributed by atoms with Gasteiger partial charge in [-0.25, -0.2) is 4.98 Å². The van der Waals surface area contributed by atoms with Crippen LogP contribution in [-0.2, 0) is 6.18 Å². The van der Waals surface area contributed by atoms with Crippen LogP contribution in [0, 0.1) is 0 Å². The van der Waals surface area contributed by atoms with E-state index in [0.29, 0.717) is 22.7 Å². The summed E-state index contributed by atoms with van der Waals surface area (Å²) in [5.41, 5.74) is -0.176. The van der Waals surface area contributed by atoms with Crippen LogP contribution < -0.4 is 15.6 Å². The van der Waals surface area contributed by atoms with Gasteiger partial charge < -0.3 is 15.0 Å². The molecular weight excluding hydrogens is 423 g/mol. The van der Waals surface area contributed by atoms with Crippen molar-refractivity contribution in [2.75, 3.05) is 7.11 Å². The van der Waals surface area contributed by atoms with Gasteiger partial charge in [0.05, 0.1) is 18.7 Å². The summed E-state index contributed by atoms with van der Waals surface area (Å²) in [5, 5.41) is 2.80. The Morgan fingerprint density at radius 3 is 2.22 bits per heavy atom. The quantitative estimate of drug-likeness (QED) is 0.598. The molecule has 0 radical (unpaired) electrons. The van der Waals surface area contributed by atoms with E-state index in [2.05, 4.69) is 15.3 Å². The molecule has 1 amide bonds. The lowest BCUT2D eigenvalue weighted by atomic mass is 9.97. The van der Waals surface area contributed by atoms with Crippen LogP contribution in [0.1, 0.15) is 57.8 Å². The first-order valence-corrected chi connectivity index (χ1v) is 9.98. The van der Waals surface area contributed by atoms with Crippen LogP contribution in [-0.4, -0.2) is 23.0 Å². The van der Waals surface area contributed by atoms with Crippen LogP contribution >= 0.6 is 0 Å². The molecule has 1 unspecified atom stereocenters. The lowest BCUT2D eigenvalue weighted by Crippen LogP contribution is -2.31. The van der Waals surface area contributed by atoms with Crippen LogP contribution in [0.3, 0.4) is 0 Å². The fraction of sp³-hybridized carbons (Fsp3) is 0.261. The van der Waals surface area contributed by atoms with E-state index >= 15 is 0 Å². The Hall–Kier alpha value is -3.62. The van der Waals surface area contributed by atoms with Crippen molar-refractivity contribution in [1.29, 1.82) is 0 Å². The van der Waals surface area contributed by atoms with Crippen molar-refractivity contribution in [2.45, 2.75) is 31.0 Å². The second kappa shape index (κ2) is 8.49. The summed E-state index contributed by atoms with van der Waals surface area (Å²) in [4.78, 5) is 31.9. The van der Waals surface area contributed by atoms with Crippen molar-refractivity contribution >= 4 is 5.91 Å². The summed E-state index contributed by atoms with van der Waals surface area (Å²) in [6.07, 6.45) is -2.67. The van der Waals surface area contributed by atoms with Gasteiger partial charge in [-0.1, -0.05) is 24.3 Å². The SMILES string of the molecule is COc1ccc(C(NC(=O)c2cc(=O)[nH]c(C3CC3)n2)c2ccc(C(F)(F)F)cc2)cc1. The summed E-state index contributed by atoms with van der Waals surface area (Å²) in [6.45, 7) is 0. The zero-order valence-electron chi connectivity index (χ0n) is 17.1. The number of hydrogen-bond donors (Lipinski definition) is 2. The predicted octanol–water partition coefficient (Wildman–Crippen LogP) is 4.19. The smallest absolute Gasteiger partial charge is 0.416 e. The summed E-state index contributed by atoms with van der Waals surface area (Å²) >= 11 is 0. The third-order valence-corrected chi connectivity index (χ3v) is 5.25. The molecular formula is C23H20F3N3O3. The summed E-state index contributed by atoms with van der Waals surface area (Å²) in [7, 11) is 1.51. The van der Waals surface area contributed by atoms with Gasteiger partial charge in [-0.05, 0) is 48.2 Å². The Labute approximate surface area is 181 Å². The molecule has 166 valence electrons. The number of carbonyl (C=O) groups is 1. The number of aromatic amines is 1. The predicted molar refractivity (Wildman–Crippen MR) is 111 cm³/mol. The molecule has 1 aliphatic rings. The standard InChI is InChI=1S/C23H20F3N3O3/c1-32-17-10-6-14(7-11-17)20(13-4-8-16(9-5-13)23(24,25)26)29-22(31)18-12-19(30)28-21(27-18)15-2-3-15/h4-12,15,20H,2-3H2,1H3,(H,29,31)(H,27,28,30). The highest BCUT2D eigenvalue weighted by molar-refractivity contribution is 5.92. The molecule has 1 saturated carbocycles. The minimum Gasteiger partial charge on any atom is -0.497 e. The Balaban J connectivity index is 1.67. The number of aromatic nitrogens is 2. The average Bonchev–Trinajstić information content (AvgIpc) is 3.62. The van der Waals surface area contributed by atoms with Gasteiger partial charge in [-0.15, -0.1) is 0 Å². The molecule has 9 heteroatoms. The molecule has 32 heavy (non-hydrogen) atoms. The monoisotopic (exact) mass is 443 g/mol. The Morgan fingerprint density at radius 2 is 1.69 bits per heavy atom. The number of nitrogens with one attached hydrogen (secondary N) is 2. The third-order valence-electron chi connectivity index (χ3n) is 5.25. The lowest BCUT2D eigenvalue weighted by molar-refractivity contribution is -0.137. The normalized spacial score (nSPS) is 14.6. The first kappa shape index (κ1) is 21.6. The van der Waals surface area contributed by atoms with Crippen LogP contribution in [0.15, 0.2) is 59.4 Å². The van der Waals surface area contributed by atoms with E-state index in [1.54, 1.807) is 24.3 Å². The highest BCUT2D eigenvalue weighted by Gasteiger charge is 2.31. The van der Waals surface area contributed by atoms with Crippen molar-refractivity contribution in [3.63, 3.8) is 0 Å². The van der Waals surface area contributed by atoms with Crippen molar-refractivity contribution in [2.24, 2.45) is 0 Å². The van der Waals surface area contributed by atoms with Gasteiger partial charge in [-0.2, -0.15) is 13.2 Å². The topological polar surface area (TPSA) is 84.1 Å². The number of amides is 1. The van der Waals surface area contributed by atoms with Gasteiger partial charge in [-0.3, -0.25) is 9.59 Å². The minimum atomic E-state index is -4.47. The first-order chi connectivity index (χ1) is 15.2. The van der Waals surface area contributed by atoms with Crippen molar-refractivity contribution in [3.8, 4) is 5.75 Å². The molecule has 0 aliphatic heterocycles. The van der Waals surface area contributed by atoms with Gasteiger partial charge in [0.25, 0.3) is 11.5 Å². The molecule has 3 aromatic rings. The summed E-state index contributed by atoms with van der Waals surface area (Å²) in [6, 6.07) is 11.7. The molecule has 1 heterocycles. The van der Waals surface area contributed by atoms with E-state index in [0.717, 1.165) is 31.0 Å². The molecule has 2 N–H and O–H groups in total. The highest BCUT2D eigenvalue weighted by atomic mass is 19.4. The molecule has 2 aromatic carbocycles. The Bertz CT molecular complexity index is 1170. The number of carbonyl (C=O) groups excluding carboxylic acids is 1. The van der Waals surface area contributed by atoms with E-state index in [1.807, 2.05) is 0 Å². The summed E-state index contributed by atoms with van der Waals surface area (Å²) < 4.78 is 44.1. The van der Waals surface area contributed by atoms with Crippen LogP contribution in [0.2, 0.25) is 0 Å². The fourth-order valence-electron chi connectivity index (χ4n) is 3.37. The average molecular weight is 443 g/mol. The lowest BCUT2D eigenvalue weighted by Gasteiger charge is -2.21. The number of ether oxygens (including phenoxy) is 1. The van der Waals surface area contributed by atoms with Crippen molar-refractivity contribution in [1.82, 2.24) is 15.3 Å². The van der Waals surface area contributed by atoms with E-state index in [9.17, 15) is 22.8 Å². The Morgan fingerprint density at radius 1 is 1.09 bits per heavy atom. The molecule has 1 aliphatic carbocycles. The molecule has 1 fully saturated rings. The highest BCUT2D eigenvalue weighted by Crippen LogP contribution is 2.37. The number of benzene rings is 2. The Kier molecular flexibility index (Phi) is 5.73. The van der Waals surface area contributed by atoms with E-state index < -0.39 is 29.2 Å². The van der Waals surface area contributed by atoms with Crippen LogP contribution in [0.4, 0.5) is 13.2 Å². The van der Waals surface area contributed by atoms with Crippen LogP contribution in [0.5, 0.6) is 5.75 Å². The second-order valence-corrected chi connectivity index (χ2v) is 7.59. The zero-order valence-corrected chi connectivity index (χ0v) is 17.1. The number of alkyl halides is 3. The number of halogens is 3. The van der Waals surface area contributed by atoms with Gasteiger partial charge in [0.2, 0.25) is 0 Å². The molecule has 0 bridgehead atoms. The fourth-order valence-corrected chi connectivity index (χ4v) is 3.37. The minimum absolute atomic E-state index is 0.0407. The molecule has 0 saturated heterocycles. The maximum Gasteiger partial charge on any atom is 0.416 e. The van der Waals surface area contributed by atoms with Gasteiger partial charge in [0.1, 0.15) is 17.3 Å². The van der Waals surface area contributed by atoms with E-state index in [4.69, 9.17) is 4.74 Å². The molecule has 1 atom stereocenters. The summed E-state index contributed by atoms with van der Waals surface area (Å²) in [5.74, 6) is 0.608. The van der Waals surface area contributed by atoms with Crippen LogP contribution in [0.25, 0.3) is 0 Å².